The van der Waals surface area contributed by atoms with Crippen molar-refractivity contribution in [3.05, 3.63) is 73.3 Å². The summed E-state index contributed by atoms with van der Waals surface area (Å²) in [6.45, 7) is 0.800. The van der Waals surface area contributed by atoms with Crippen LogP contribution in [0.2, 0.25) is 0 Å². The molecule has 7 heteroatoms. The number of aromatic amines is 1. The van der Waals surface area contributed by atoms with E-state index < -0.39 is 0 Å². The molecular formula is C20H20N6S. The van der Waals surface area contributed by atoms with E-state index in [1.165, 1.54) is 6.33 Å². The standard InChI is InChI=1S/C20H20N6S/c27-13-7-12-25(17-10-5-2-6-11-17)20-19(26-15-21-14-22-26)18(23-24-20)16-8-3-1-4-9-16/h1-6,8-11,14-15,27H,7,12-13H2,(H,23,24). The van der Waals surface area contributed by atoms with E-state index in [0.29, 0.717) is 0 Å². The van der Waals surface area contributed by atoms with Gasteiger partial charge < -0.3 is 4.90 Å². The largest absolute Gasteiger partial charge is 0.323 e. The van der Waals surface area contributed by atoms with Crippen LogP contribution in [0, 0.1) is 0 Å². The topological polar surface area (TPSA) is 62.6 Å². The molecule has 0 fully saturated rings. The van der Waals surface area contributed by atoms with Crippen LogP contribution < -0.4 is 4.90 Å². The number of aromatic nitrogens is 5. The number of H-pyrrole nitrogens is 1. The van der Waals surface area contributed by atoms with Gasteiger partial charge in [0.15, 0.2) is 5.82 Å². The van der Waals surface area contributed by atoms with Gasteiger partial charge in [-0.3, -0.25) is 5.10 Å². The van der Waals surface area contributed by atoms with Crippen LogP contribution in [0.5, 0.6) is 0 Å². The summed E-state index contributed by atoms with van der Waals surface area (Å²) in [5.74, 6) is 1.62. The summed E-state index contributed by atoms with van der Waals surface area (Å²) >= 11 is 4.39. The number of rotatable bonds is 7. The average molecular weight is 376 g/mol. The maximum atomic E-state index is 4.67. The zero-order chi connectivity index (χ0) is 18.5. The molecule has 0 saturated heterocycles. The third kappa shape index (κ3) is 3.59. The Morgan fingerprint density at radius 2 is 1.74 bits per heavy atom. The third-order valence-corrected chi connectivity index (χ3v) is 4.61. The predicted octanol–water partition coefficient (Wildman–Crippen LogP) is 4.12. The fraction of sp³-hybridized carbons (Fsp3) is 0.150. The fourth-order valence-corrected chi connectivity index (χ4v) is 3.20. The Morgan fingerprint density at radius 1 is 1.00 bits per heavy atom. The lowest BCUT2D eigenvalue weighted by Crippen LogP contribution is -2.21. The SMILES string of the molecule is SCCCN(c1ccccc1)c1n[nH]c(-c2ccccc2)c1-n1cncn1. The average Bonchev–Trinajstić information content (AvgIpc) is 3.39. The summed E-state index contributed by atoms with van der Waals surface area (Å²) < 4.78 is 1.76. The van der Waals surface area contributed by atoms with Gasteiger partial charge in [-0.2, -0.15) is 22.8 Å². The number of nitrogens with one attached hydrogen (secondary N) is 1. The molecular weight excluding hydrogens is 356 g/mol. The highest BCUT2D eigenvalue weighted by molar-refractivity contribution is 7.80. The number of anilines is 2. The van der Waals surface area contributed by atoms with Crippen LogP contribution in [-0.4, -0.2) is 37.3 Å². The number of hydrogen-bond acceptors (Lipinski definition) is 5. The third-order valence-electron chi connectivity index (χ3n) is 4.30. The van der Waals surface area contributed by atoms with E-state index >= 15 is 0 Å². The molecule has 0 aliphatic heterocycles. The van der Waals surface area contributed by atoms with E-state index in [9.17, 15) is 0 Å². The lowest BCUT2D eigenvalue weighted by Gasteiger charge is -2.23. The molecule has 0 aliphatic carbocycles. The second-order valence-electron chi connectivity index (χ2n) is 6.04. The molecule has 0 spiro atoms. The van der Waals surface area contributed by atoms with Crippen molar-refractivity contribution in [1.29, 1.82) is 0 Å². The first-order valence-corrected chi connectivity index (χ1v) is 9.44. The molecule has 1 N–H and O–H groups in total. The fourth-order valence-electron chi connectivity index (χ4n) is 3.06. The van der Waals surface area contributed by atoms with E-state index in [4.69, 9.17) is 0 Å². The minimum atomic E-state index is 0.800. The normalized spacial score (nSPS) is 10.9. The van der Waals surface area contributed by atoms with Crippen LogP contribution >= 0.6 is 12.6 Å². The molecule has 6 nitrogen and oxygen atoms in total. The van der Waals surface area contributed by atoms with Gasteiger partial charge in [-0.1, -0.05) is 48.5 Å². The van der Waals surface area contributed by atoms with Crippen molar-refractivity contribution >= 4 is 24.1 Å². The van der Waals surface area contributed by atoms with Crippen molar-refractivity contribution in [2.75, 3.05) is 17.2 Å². The summed E-state index contributed by atoms with van der Waals surface area (Å²) in [6, 6.07) is 20.4. The lowest BCUT2D eigenvalue weighted by molar-refractivity contribution is 0.845. The van der Waals surface area contributed by atoms with Crippen LogP contribution in [0.25, 0.3) is 16.9 Å². The van der Waals surface area contributed by atoms with Gasteiger partial charge in [-0.15, -0.1) is 0 Å². The number of para-hydroxylation sites is 1. The molecule has 2 aromatic carbocycles. The monoisotopic (exact) mass is 376 g/mol. The van der Waals surface area contributed by atoms with Gasteiger partial charge >= 0.3 is 0 Å². The van der Waals surface area contributed by atoms with Gasteiger partial charge in [-0.05, 0) is 24.3 Å². The molecule has 0 unspecified atom stereocenters. The molecule has 4 aromatic rings. The van der Waals surface area contributed by atoms with Gasteiger partial charge in [0.1, 0.15) is 18.3 Å². The summed E-state index contributed by atoms with van der Waals surface area (Å²) in [4.78, 5) is 6.32. The highest BCUT2D eigenvalue weighted by Gasteiger charge is 2.23. The Bertz CT molecular complexity index is 966. The van der Waals surface area contributed by atoms with E-state index in [2.05, 4.69) is 62.1 Å². The van der Waals surface area contributed by atoms with Crippen LogP contribution in [0.3, 0.4) is 0 Å². The lowest BCUT2D eigenvalue weighted by atomic mass is 10.1. The highest BCUT2D eigenvalue weighted by Crippen LogP contribution is 2.35. The van der Waals surface area contributed by atoms with Crippen LogP contribution in [-0.2, 0) is 0 Å². The summed E-state index contributed by atoms with van der Waals surface area (Å²) in [7, 11) is 0. The number of thiol groups is 1. The van der Waals surface area contributed by atoms with Gasteiger partial charge in [-0.25, -0.2) is 9.67 Å². The van der Waals surface area contributed by atoms with Crippen molar-refractivity contribution in [3.8, 4) is 16.9 Å². The Hall–Kier alpha value is -3.06. The molecule has 0 radical (unpaired) electrons. The second-order valence-corrected chi connectivity index (χ2v) is 6.49. The molecule has 0 amide bonds. The van der Waals surface area contributed by atoms with Crippen LogP contribution in [0.4, 0.5) is 11.5 Å². The molecule has 4 rings (SSSR count). The zero-order valence-corrected chi connectivity index (χ0v) is 15.6. The molecule has 0 atom stereocenters. The van der Waals surface area contributed by atoms with Crippen LogP contribution in [0.15, 0.2) is 73.3 Å². The Morgan fingerprint density at radius 3 is 2.41 bits per heavy atom. The van der Waals surface area contributed by atoms with Gasteiger partial charge in [0.05, 0.1) is 5.69 Å². The van der Waals surface area contributed by atoms with E-state index in [0.717, 1.165) is 47.2 Å². The summed E-state index contributed by atoms with van der Waals surface area (Å²) in [5.41, 5.74) is 3.90. The van der Waals surface area contributed by atoms with Gasteiger partial charge in [0, 0.05) is 17.8 Å². The number of benzene rings is 2. The first-order chi connectivity index (χ1) is 13.4. The Kier molecular flexibility index (Phi) is 5.20. The van der Waals surface area contributed by atoms with Crippen LogP contribution in [0.1, 0.15) is 6.42 Å². The predicted molar refractivity (Wildman–Crippen MR) is 111 cm³/mol. The molecule has 136 valence electrons. The van der Waals surface area contributed by atoms with Crippen molar-refractivity contribution in [1.82, 2.24) is 25.0 Å². The van der Waals surface area contributed by atoms with E-state index in [1.54, 1.807) is 11.0 Å². The molecule has 2 aromatic heterocycles. The maximum Gasteiger partial charge on any atom is 0.181 e. The molecule has 27 heavy (non-hydrogen) atoms. The van der Waals surface area contributed by atoms with Crippen molar-refractivity contribution in [2.24, 2.45) is 0 Å². The molecule has 0 aliphatic rings. The summed E-state index contributed by atoms with van der Waals surface area (Å²) in [6.07, 6.45) is 4.16. The molecule has 0 saturated carbocycles. The second kappa shape index (κ2) is 8.09. The minimum Gasteiger partial charge on any atom is -0.323 e. The van der Waals surface area contributed by atoms with Gasteiger partial charge in [0.25, 0.3) is 0 Å². The van der Waals surface area contributed by atoms with Gasteiger partial charge in [0.2, 0.25) is 0 Å². The summed E-state index contributed by atoms with van der Waals surface area (Å²) in [5, 5.41) is 12.2. The Balaban J connectivity index is 1.87. The highest BCUT2D eigenvalue weighted by atomic mass is 32.1. The van der Waals surface area contributed by atoms with E-state index in [1.807, 2.05) is 36.4 Å². The van der Waals surface area contributed by atoms with Crippen molar-refractivity contribution in [2.45, 2.75) is 6.42 Å². The number of nitrogens with zero attached hydrogens (tertiary/aromatic N) is 5. The van der Waals surface area contributed by atoms with Crippen molar-refractivity contribution in [3.63, 3.8) is 0 Å². The van der Waals surface area contributed by atoms with E-state index in [-0.39, 0.29) is 0 Å². The minimum absolute atomic E-state index is 0.800. The van der Waals surface area contributed by atoms with Crippen molar-refractivity contribution < 1.29 is 0 Å². The number of hydrogen-bond donors (Lipinski definition) is 2. The molecule has 2 heterocycles. The molecule has 0 bridgehead atoms. The Labute approximate surface area is 163 Å². The maximum absolute atomic E-state index is 4.67. The first-order valence-electron chi connectivity index (χ1n) is 8.80. The first kappa shape index (κ1) is 17.4. The quantitative estimate of drug-likeness (QED) is 0.476. The zero-order valence-electron chi connectivity index (χ0n) is 14.7. The smallest absolute Gasteiger partial charge is 0.181 e.